The van der Waals surface area contributed by atoms with Gasteiger partial charge in [0, 0.05) is 11.6 Å². The fraction of sp³-hybridized carbons (Fsp3) is 0.200. The number of benzene rings is 3. The van der Waals surface area contributed by atoms with Crippen LogP contribution in [0.2, 0.25) is 5.02 Å². The number of nitro benzene ring substituents is 1. The van der Waals surface area contributed by atoms with Crippen molar-refractivity contribution in [2.75, 3.05) is 10.6 Å². The number of nitrogens with one attached hydrogen (secondary N) is 2. The van der Waals surface area contributed by atoms with Crippen molar-refractivity contribution in [3.63, 3.8) is 0 Å². The molecule has 210 valence electrons. The number of nitro groups is 1. The first-order valence-corrected chi connectivity index (χ1v) is 13.1. The zero-order valence-electron chi connectivity index (χ0n) is 19.9. The van der Waals surface area contributed by atoms with E-state index in [2.05, 4.69) is 26.6 Å². The maximum atomic E-state index is 13.7. The Balaban J connectivity index is 1.54. The van der Waals surface area contributed by atoms with Gasteiger partial charge in [-0.15, -0.1) is 23.2 Å². The molecule has 3 aromatic carbocycles. The van der Waals surface area contributed by atoms with Crippen molar-refractivity contribution in [2.24, 2.45) is 5.92 Å². The average Bonchev–Trinajstić information content (AvgIpc) is 3.43. The van der Waals surface area contributed by atoms with E-state index in [0.29, 0.717) is 12.1 Å². The molecule has 0 heterocycles. The zero-order valence-corrected chi connectivity index (χ0v) is 23.7. The van der Waals surface area contributed by atoms with Crippen LogP contribution in [0, 0.1) is 28.8 Å². The third-order valence-electron chi connectivity index (χ3n) is 6.28. The Hall–Kier alpha value is -2.93. The normalized spacial score (nSPS) is 17.7. The molecule has 3 aromatic rings. The summed E-state index contributed by atoms with van der Waals surface area (Å²) < 4.78 is 51.6. The van der Waals surface area contributed by atoms with Gasteiger partial charge in [0.15, 0.2) is 0 Å². The van der Waals surface area contributed by atoms with Crippen molar-refractivity contribution in [2.45, 2.75) is 23.4 Å². The van der Waals surface area contributed by atoms with E-state index in [4.69, 9.17) is 34.8 Å². The minimum atomic E-state index is -4.96. The van der Waals surface area contributed by atoms with Crippen molar-refractivity contribution in [1.29, 1.82) is 0 Å². The first kappa shape index (κ1) is 30.0. The largest absolute Gasteiger partial charge is 0.419 e. The van der Waals surface area contributed by atoms with Gasteiger partial charge in [-0.05, 0) is 70.9 Å². The molecule has 1 saturated carbocycles. The molecule has 0 unspecified atom stereocenters. The van der Waals surface area contributed by atoms with Crippen LogP contribution < -0.4 is 10.6 Å². The Morgan fingerprint density at radius 1 is 1.07 bits per heavy atom. The summed E-state index contributed by atoms with van der Waals surface area (Å²) in [6.07, 6.45) is -4.96. The second-order valence-corrected chi connectivity index (χ2v) is 11.5. The van der Waals surface area contributed by atoms with Crippen LogP contribution in [0.5, 0.6) is 0 Å². The highest BCUT2D eigenvalue weighted by Crippen LogP contribution is 2.65. The Kier molecular flexibility index (Phi) is 8.12. The van der Waals surface area contributed by atoms with E-state index < -0.39 is 50.5 Å². The molecule has 1 fully saturated rings. The van der Waals surface area contributed by atoms with E-state index >= 15 is 0 Å². The van der Waals surface area contributed by atoms with Gasteiger partial charge in [0.05, 0.1) is 42.7 Å². The van der Waals surface area contributed by atoms with Crippen molar-refractivity contribution in [3.8, 4) is 0 Å². The first-order valence-electron chi connectivity index (χ1n) is 11.1. The first-order chi connectivity index (χ1) is 18.5. The molecule has 2 amide bonds. The molecule has 40 heavy (non-hydrogen) atoms. The Morgan fingerprint density at radius 3 is 2.38 bits per heavy atom. The molecular formula is C25H15BrCl3F4N3O4. The molecule has 0 aromatic heterocycles. The molecule has 0 radical (unpaired) electrons. The number of amides is 2. The lowest BCUT2D eigenvalue weighted by atomic mass is 10.0. The van der Waals surface area contributed by atoms with Crippen LogP contribution >= 0.6 is 50.7 Å². The smallest absolute Gasteiger partial charge is 0.326 e. The van der Waals surface area contributed by atoms with Gasteiger partial charge in [-0.25, -0.2) is 4.39 Å². The third kappa shape index (κ3) is 5.76. The molecule has 0 saturated heterocycles. The summed E-state index contributed by atoms with van der Waals surface area (Å²) in [5.41, 5.74) is -1.50. The number of halogens is 8. The van der Waals surface area contributed by atoms with Crippen molar-refractivity contribution in [3.05, 3.63) is 96.2 Å². The number of rotatable bonds is 6. The lowest BCUT2D eigenvalue weighted by Gasteiger charge is -2.12. The van der Waals surface area contributed by atoms with Gasteiger partial charge in [-0.3, -0.25) is 19.7 Å². The van der Waals surface area contributed by atoms with Crippen LogP contribution in [0.1, 0.15) is 33.0 Å². The summed E-state index contributed by atoms with van der Waals surface area (Å²) >= 11 is 21.7. The van der Waals surface area contributed by atoms with Crippen LogP contribution in [-0.2, 0) is 11.0 Å². The summed E-state index contributed by atoms with van der Waals surface area (Å²) in [6, 6.07) is 9.03. The third-order valence-corrected chi connectivity index (χ3v) is 8.19. The van der Waals surface area contributed by atoms with Gasteiger partial charge in [-0.1, -0.05) is 17.7 Å². The molecule has 4 rings (SSSR count). The minimum absolute atomic E-state index is 0.000845. The highest BCUT2D eigenvalue weighted by Gasteiger charge is 2.67. The molecule has 0 spiro atoms. The summed E-state index contributed by atoms with van der Waals surface area (Å²) in [4.78, 5) is 36.7. The van der Waals surface area contributed by atoms with Crippen molar-refractivity contribution in [1.82, 2.24) is 0 Å². The maximum Gasteiger partial charge on any atom is 0.419 e. The molecule has 0 bridgehead atoms. The standard InChI is InChI=1S/C25H15BrCl3F4N3O4/c1-10-18(7-4-15(26)21(10)36(39)40)35-22(37)13-9-12(3-5-16(13)27)34-23(38)20-19(24(20,28)29)11-2-6-17(30)14(8-11)25(31,32)33/h2-9,19-20H,1H3,(H,34,38)(H,35,37)/t19-,20+/m0/s1. The number of alkyl halides is 5. The van der Waals surface area contributed by atoms with Crippen LogP contribution in [-0.4, -0.2) is 21.1 Å². The highest BCUT2D eigenvalue weighted by molar-refractivity contribution is 9.10. The monoisotopic (exact) mass is 681 g/mol. The predicted molar refractivity (Wildman–Crippen MR) is 146 cm³/mol. The highest BCUT2D eigenvalue weighted by atomic mass is 79.9. The van der Waals surface area contributed by atoms with Gasteiger partial charge in [0.25, 0.3) is 11.6 Å². The van der Waals surface area contributed by atoms with E-state index in [1.165, 1.54) is 37.3 Å². The molecule has 7 nitrogen and oxygen atoms in total. The van der Waals surface area contributed by atoms with Crippen molar-refractivity contribution >= 4 is 79.6 Å². The summed E-state index contributed by atoms with van der Waals surface area (Å²) in [7, 11) is 0. The Bertz CT molecular complexity index is 1570. The summed E-state index contributed by atoms with van der Waals surface area (Å²) in [6.45, 7) is 1.45. The van der Waals surface area contributed by atoms with E-state index in [1.54, 1.807) is 0 Å². The molecular weight excluding hydrogens is 669 g/mol. The van der Waals surface area contributed by atoms with Crippen LogP contribution in [0.25, 0.3) is 0 Å². The van der Waals surface area contributed by atoms with E-state index in [9.17, 15) is 37.3 Å². The number of hydrogen-bond donors (Lipinski definition) is 2. The number of carbonyl (C=O) groups excluding carboxylic acids is 2. The van der Waals surface area contributed by atoms with Gasteiger partial charge in [0.2, 0.25) is 5.91 Å². The minimum Gasteiger partial charge on any atom is -0.326 e. The Labute approximate surface area is 247 Å². The molecule has 15 heteroatoms. The maximum absolute atomic E-state index is 13.7. The fourth-order valence-electron chi connectivity index (χ4n) is 4.23. The number of anilines is 2. The molecule has 0 aliphatic heterocycles. The van der Waals surface area contributed by atoms with Crippen LogP contribution in [0.15, 0.2) is 53.0 Å². The SMILES string of the molecule is Cc1c(NC(=O)c2cc(NC(=O)[C@H]3[C@H](c4ccc(F)c(C(F)(F)F)c4)C3(Cl)Cl)ccc2Cl)ccc(Br)c1[N+](=O)[O-]. The fourth-order valence-corrected chi connectivity index (χ4v) is 5.84. The zero-order chi connectivity index (χ0) is 29.7. The molecule has 1 aliphatic rings. The van der Waals surface area contributed by atoms with Crippen LogP contribution in [0.4, 0.5) is 34.6 Å². The molecule has 2 N–H and O–H groups in total. The topological polar surface area (TPSA) is 101 Å². The summed E-state index contributed by atoms with van der Waals surface area (Å²) in [5, 5.41) is 16.4. The van der Waals surface area contributed by atoms with Gasteiger partial charge >= 0.3 is 6.18 Å². The lowest BCUT2D eigenvalue weighted by molar-refractivity contribution is -0.386. The predicted octanol–water partition coefficient (Wildman–Crippen LogP) is 8.26. The molecule has 2 atom stereocenters. The molecule has 1 aliphatic carbocycles. The lowest BCUT2D eigenvalue weighted by Crippen LogP contribution is -2.18. The van der Waals surface area contributed by atoms with E-state index in [0.717, 1.165) is 6.07 Å². The van der Waals surface area contributed by atoms with Gasteiger partial charge in [-0.2, -0.15) is 13.2 Å². The van der Waals surface area contributed by atoms with E-state index in [1.807, 2.05) is 0 Å². The van der Waals surface area contributed by atoms with Crippen LogP contribution in [0.3, 0.4) is 0 Å². The van der Waals surface area contributed by atoms with Crippen molar-refractivity contribution < 1.29 is 32.1 Å². The van der Waals surface area contributed by atoms with E-state index in [-0.39, 0.29) is 43.2 Å². The second-order valence-electron chi connectivity index (χ2n) is 8.83. The summed E-state index contributed by atoms with van der Waals surface area (Å²) in [5.74, 6) is -5.24. The Morgan fingerprint density at radius 2 is 1.75 bits per heavy atom. The van der Waals surface area contributed by atoms with Gasteiger partial charge < -0.3 is 10.6 Å². The average molecular weight is 684 g/mol. The quantitative estimate of drug-likeness (QED) is 0.118. The number of hydrogen-bond acceptors (Lipinski definition) is 4. The van der Waals surface area contributed by atoms with Gasteiger partial charge in [0.1, 0.15) is 10.2 Å². The second kappa shape index (κ2) is 10.8. The number of carbonyl (C=O) groups is 2. The number of nitrogens with zero attached hydrogens (tertiary/aromatic N) is 1.